The first kappa shape index (κ1) is 23.6. The van der Waals surface area contributed by atoms with Crippen LogP contribution in [0, 0.1) is 0 Å². The molecule has 3 N–H and O–H groups in total. The zero-order valence-corrected chi connectivity index (χ0v) is 18.8. The van der Waals surface area contributed by atoms with Crippen LogP contribution in [0.15, 0.2) is 36.4 Å². The first-order valence-electron chi connectivity index (χ1n) is 9.63. The number of halogens is 1. The van der Waals surface area contributed by atoms with Crippen LogP contribution in [0.1, 0.15) is 36.7 Å². The number of benzene rings is 2. The average molecular weight is 452 g/mol. The van der Waals surface area contributed by atoms with Crippen molar-refractivity contribution in [3.63, 3.8) is 0 Å². The lowest BCUT2D eigenvalue weighted by molar-refractivity contribution is 0.0942. The van der Waals surface area contributed by atoms with Gasteiger partial charge in [-0.05, 0) is 62.8 Å². The van der Waals surface area contributed by atoms with Gasteiger partial charge >= 0.3 is 0 Å². The Kier molecular flexibility index (Phi) is 9.50. The molecule has 0 atom stereocenters. The number of thiocarbonyl (C=S) groups is 1. The van der Waals surface area contributed by atoms with Crippen molar-refractivity contribution in [3.05, 3.63) is 52.5 Å². The van der Waals surface area contributed by atoms with Crippen LogP contribution in [-0.2, 0) is 6.54 Å². The Balaban J connectivity index is 2.02. The molecular weight excluding hydrogens is 426 g/mol. The standard InChI is InChI=1S/C21H26ClN3O4S/c1-4-27-17-11-15(12-18(28-5-2)19(17)29-6-3)20(26)24-25-21(30)23-13-14-7-9-16(22)10-8-14/h7-12H,4-6,13H2,1-3H3,(H,24,26)(H2,23,25,30). The minimum atomic E-state index is -0.393. The minimum Gasteiger partial charge on any atom is -0.490 e. The Labute approximate surface area is 187 Å². The molecule has 0 saturated heterocycles. The monoisotopic (exact) mass is 451 g/mol. The normalized spacial score (nSPS) is 10.1. The number of carbonyl (C=O) groups is 1. The molecule has 162 valence electrons. The highest BCUT2D eigenvalue weighted by Gasteiger charge is 2.18. The van der Waals surface area contributed by atoms with Crippen molar-refractivity contribution in [3.8, 4) is 17.2 Å². The molecule has 2 aromatic rings. The predicted molar refractivity (Wildman–Crippen MR) is 121 cm³/mol. The maximum Gasteiger partial charge on any atom is 0.269 e. The van der Waals surface area contributed by atoms with Gasteiger partial charge in [0.05, 0.1) is 19.8 Å². The van der Waals surface area contributed by atoms with Gasteiger partial charge in [0.15, 0.2) is 16.6 Å². The number of rotatable bonds is 9. The summed E-state index contributed by atoms with van der Waals surface area (Å²) in [6.45, 7) is 7.37. The summed E-state index contributed by atoms with van der Waals surface area (Å²) in [5, 5.41) is 3.95. The Bertz CT molecular complexity index is 835. The molecule has 0 unspecified atom stereocenters. The van der Waals surface area contributed by atoms with Crippen molar-refractivity contribution in [2.45, 2.75) is 27.3 Å². The van der Waals surface area contributed by atoms with Gasteiger partial charge in [0.2, 0.25) is 5.75 Å². The highest BCUT2D eigenvalue weighted by atomic mass is 35.5. The molecule has 0 saturated carbocycles. The van der Waals surface area contributed by atoms with Gasteiger partial charge in [-0.3, -0.25) is 15.6 Å². The van der Waals surface area contributed by atoms with Gasteiger partial charge in [-0.2, -0.15) is 0 Å². The lowest BCUT2D eigenvalue weighted by Gasteiger charge is -2.17. The van der Waals surface area contributed by atoms with Crippen molar-refractivity contribution in [2.75, 3.05) is 19.8 Å². The van der Waals surface area contributed by atoms with Crippen molar-refractivity contribution < 1.29 is 19.0 Å². The van der Waals surface area contributed by atoms with Crippen LogP contribution in [-0.4, -0.2) is 30.8 Å². The van der Waals surface area contributed by atoms with E-state index in [9.17, 15) is 4.79 Å². The number of carbonyl (C=O) groups excluding carboxylic acids is 1. The molecule has 0 radical (unpaired) electrons. The van der Waals surface area contributed by atoms with E-state index >= 15 is 0 Å². The molecule has 2 aromatic carbocycles. The summed E-state index contributed by atoms with van der Waals surface area (Å²) in [6.07, 6.45) is 0. The molecule has 0 aliphatic rings. The van der Waals surface area contributed by atoms with E-state index in [1.54, 1.807) is 24.3 Å². The predicted octanol–water partition coefficient (Wildman–Crippen LogP) is 3.85. The van der Waals surface area contributed by atoms with E-state index < -0.39 is 5.91 Å². The molecule has 1 amide bonds. The second-order valence-electron chi connectivity index (χ2n) is 5.99. The van der Waals surface area contributed by atoms with E-state index in [1.165, 1.54) is 0 Å². The molecule has 0 heterocycles. The van der Waals surface area contributed by atoms with E-state index in [4.69, 9.17) is 38.0 Å². The number of hydrogen-bond donors (Lipinski definition) is 3. The van der Waals surface area contributed by atoms with Crippen LogP contribution in [0.5, 0.6) is 17.2 Å². The Morgan fingerprint density at radius 3 is 2.03 bits per heavy atom. The van der Waals surface area contributed by atoms with Gasteiger partial charge < -0.3 is 19.5 Å². The van der Waals surface area contributed by atoms with Crippen LogP contribution >= 0.6 is 23.8 Å². The van der Waals surface area contributed by atoms with Gasteiger partial charge in [-0.1, -0.05) is 23.7 Å². The van der Waals surface area contributed by atoms with Crippen molar-refractivity contribution in [1.29, 1.82) is 0 Å². The molecule has 0 aliphatic carbocycles. The van der Waals surface area contributed by atoms with Crippen molar-refractivity contribution in [1.82, 2.24) is 16.2 Å². The van der Waals surface area contributed by atoms with Gasteiger partial charge in [-0.15, -0.1) is 0 Å². The quantitative estimate of drug-likeness (QED) is 0.394. The third kappa shape index (κ3) is 6.96. The maximum absolute atomic E-state index is 12.6. The molecule has 0 spiro atoms. The summed E-state index contributed by atoms with van der Waals surface area (Å²) < 4.78 is 16.9. The summed E-state index contributed by atoms with van der Waals surface area (Å²) in [7, 11) is 0. The van der Waals surface area contributed by atoms with Crippen LogP contribution < -0.4 is 30.4 Å². The van der Waals surface area contributed by atoms with E-state index in [-0.39, 0.29) is 5.11 Å². The SMILES string of the molecule is CCOc1cc(C(=O)NNC(=S)NCc2ccc(Cl)cc2)cc(OCC)c1OCC. The lowest BCUT2D eigenvalue weighted by Crippen LogP contribution is -2.46. The Morgan fingerprint density at radius 2 is 1.50 bits per heavy atom. The molecule has 9 heteroatoms. The molecule has 0 fully saturated rings. The first-order valence-corrected chi connectivity index (χ1v) is 10.4. The summed E-state index contributed by atoms with van der Waals surface area (Å²) >= 11 is 11.1. The van der Waals surface area contributed by atoms with Crippen LogP contribution in [0.3, 0.4) is 0 Å². The first-order chi connectivity index (χ1) is 14.5. The molecule has 30 heavy (non-hydrogen) atoms. The fourth-order valence-corrected chi connectivity index (χ4v) is 2.78. The van der Waals surface area contributed by atoms with Crippen molar-refractivity contribution in [2.24, 2.45) is 0 Å². The van der Waals surface area contributed by atoms with E-state index in [0.717, 1.165) is 5.56 Å². The van der Waals surface area contributed by atoms with E-state index in [0.29, 0.717) is 54.2 Å². The largest absolute Gasteiger partial charge is 0.490 e. The zero-order valence-electron chi connectivity index (χ0n) is 17.2. The Hall–Kier alpha value is -2.71. The molecular formula is C21H26ClN3O4S. The second kappa shape index (κ2) is 12.1. The molecule has 7 nitrogen and oxygen atoms in total. The lowest BCUT2D eigenvalue weighted by atomic mass is 10.1. The van der Waals surface area contributed by atoms with Crippen LogP contribution in [0.25, 0.3) is 0 Å². The third-order valence-electron chi connectivity index (χ3n) is 3.83. The highest BCUT2D eigenvalue weighted by molar-refractivity contribution is 7.80. The zero-order chi connectivity index (χ0) is 21.9. The average Bonchev–Trinajstić information content (AvgIpc) is 2.74. The molecule has 0 aliphatic heterocycles. The van der Waals surface area contributed by atoms with Crippen LogP contribution in [0.4, 0.5) is 0 Å². The van der Waals surface area contributed by atoms with Gasteiger partial charge in [0.25, 0.3) is 5.91 Å². The van der Waals surface area contributed by atoms with Crippen LogP contribution in [0.2, 0.25) is 5.02 Å². The summed E-state index contributed by atoms with van der Waals surface area (Å²) in [6, 6.07) is 10.6. The van der Waals surface area contributed by atoms with Gasteiger partial charge in [-0.25, -0.2) is 0 Å². The summed E-state index contributed by atoms with van der Waals surface area (Å²) in [5.74, 6) is 0.972. The topological polar surface area (TPSA) is 80.9 Å². The number of ether oxygens (including phenoxy) is 3. The molecule has 0 bridgehead atoms. The number of nitrogens with one attached hydrogen (secondary N) is 3. The fourth-order valence-electron chi connectivity index (χ4n) is 2.53. The fraction of sp³-hybridized carbons (Fsp3) is 0.333. The van der Waals surface area contributed by atoms with E-state index in [1.807, 2.05) is 32.9 Å². The Morgan fingerprint density at radius 1 is 0.933 bits per heavy atom. The summed E-state index contributed by atoms with van der Waals surface area (Å²) in [5.41, 5.74) is 6.61. The summed E-state index contributed by atoms with van der Waals surface area (Å²) in [4.78, 5) is 12.6. The molecule has 0 aromatic heterocycles. The van der Waals surface area contributed by atoms with E-state index in [2.05, 4.69) is 16.2 Å². The molecule has 2 rings (SSSR count). The third-order valence-corrected chi connectivity index (χ3v) is 4.33. The minimum absolute atomic E-state index is 0.277. The number of amides is 1. The smallest absolute Gasteiger partial charge is 0.269 e. The highest BCUT2D eigenvalue weighted by Crippen LogP contribution is 2.39. The number of hydrogen-bond acceptors (Lipinski definition) is 5. The second-order valence-corrected chi connectivity index (χ2v) is 6.83. The number of hydrazine groups is 1. The maximum atomic E-state index is 12.6. The van der Waals surface area contributed by atoms with Gasteiger partial charge in [0, 0.05) is 17.1 Å². The van der Waals surface area contributed by atoms with Gasteiger partial charge in [0.1, 0.15) is 0 Å². The van der Waals surface area contributed by atoms with Crippen molar-refractivity contribution >= 4 is 34.8 Å².